The van der Waals surface area contributed by atoms with Crippen LogP contribution in [0.5, 0.6) is 0 Å². The standard InChI is InChI=1S/C78H94ClF3N10O10S4/c1-50(52-16-18-54(19-17-52)71-51(2)83-49-104-71)84-74(97)67-41-62(93)47-92(67)75(98)72(76(3,4)5)86-69(94)14-10-7-11-15-70(95)91-46-60-40-61(91)45-90(60)35-31-58(48-103-63-12-8-6-9-13-63)85-66-29-28-64(42-68(66)105(99,100)78(80,81)82)106(101,102)87-73(96)55-22-26-59(27-23-55)89-38-36-88(37-39-89)44-56-43-77(33-34-77)32-30-65(56)53-20-24-57(79)25-21-53/h6,8-9,12-13,16-29,42,49-50,58,60-62,67,72,85,93H,7,10-11,14-15,30-41,43-48H2,1-5H3,(H,84,97)(H,86,94)(H,87,96)/t50-,58+,60?,61?,62+,67-,72+/m0/s1. The molecule has 1 saturated carbocycles. The van der Waals surface area contributed by atoms with Crippen molar-refractivity contribution in [3.63, 3.8) is 0 Å². The molecule has 568 valence electrons. The van der Waals surface area contributed by atoms with Gasteiger partial charge in [0.25, 0.3) is 25.8 Å². The number of likely N-dealkylation sites (tertiary alicyclic amines) is 3. The maximum absolute atomic E-state index is 14.6. The molecule has 1 aromatic heterocycles. The number of unbranched alkanes of at least 4 members (excludes halogenated alkanes) is 2. The van der Waals surface area contributed by atoms with E-state index in [9.17, 15) is 59.1 Å². The van der Waals surface area contributed by atoms with E-state index in [1.165, 1.54) is 64.8 Å². The van der Waals surface area contributed by atoms with Crippen LogP contribution in [0.1, 0.15) is 144 Å². The van der Waals surface area contributed by atoms with Crippen LogP contribution in [0, 0.1) is 17.8 Å². The monoisotopic (exact) mass is 1550 g/mol. The summed E-state index contributed by atoms with van der Waals surface area (Å²) in [5.41, 5.74) is 2.93. The highest BCUT2D eigenvalue weighted by Crippen LogP contribution is 2.59. The fourth-order valence-corrected chi connectivity index (χ4v) is 19.5. The molecule has 2 aliphatic carbocycles. The highest BCUT2D eigenvalue weighted by atomic mass is 35.5. The number of allylic oxidation sites excluding steroid dienone is 1. The summed E-state index contributed by atoms with van der Waals surface area (Å²) in [6, 6.07) is 30.9. The number of thioether (sulfide) groups is 1. The lowest BCUT2D eigenvalue weighted by Crippen LogP contribution is -2.57. The van der Waals surface area contributed by atoms with Crippen molar-refractivity contribution in [2.75, 3.05) is 74.9 Å². The fraction of sp³-hybridized carbons (Fsp3) is 0.487. The van der Waals surface area contributed by atoms with Gasteiger partial charge in [-0.25, -0.2) is 26.5 Å². The number of β-amino-alcohol motifs (C(OH)–C–C–N with tert-alkyl or cyclic N) is 1. The van der Waals surface area contributed by atoms with Crippen LogP contribution >= 0.6 is 34.7 Å². The predicted molar refractivity (Wildman–Crippen MR) is 407 cm³/mol. The van der Waals surface area contributed by atoms with Gasteiger partial charge in [-0.15, -0.1) is 23.1 Å². The van der Waals surface area contributed by atoms with Crippen LogP contribution < -0.4 is 25.6 Å². The minimum absolute atomic E-state index is 0.0150. The van der Waals surface area contributed by atoms with Crippen LogP contribution in [0.3, 0.4) is 0 Å². The number of anilines is 2. The summed E-state index contributed by atoms with van der Waals surface area (Å²) >= 11 is 9.19. The minimum atomic E-state index is -6.18. The first-order valence-corrected chi connectivity index (χ1v) is 41.8. The second kappa shape index (κ2) is 32.8. The first kappa shape index (κ1) is 78.2. The zero-order valence-corrected chi connectivity index (χ0v) is 64.4. The molecule has 5 amide bonds. The maximum atomic E-state index is 14.6. The van der Waals surface area contributed by atoms with Crippen molar-refractivity contribution in [3.8, 4) is 10.4 Å². The summed E-state index contributed by atoms with van der Waals surface area (Å²) in [4.78, 5) is 83.3. The molecule has 6 aromatic rings. The van der Waals surface area contributed by atoms with Gasteiger partial charge in [0, 0.05) is 123 Å². The van der Waals surface area contributed by atoms with E-state index in [4.69, 9.17) is 11.6 Å². The van der Waals surface area contributed by atoms with Crippen molar-refractivity contribution in [1.82, 2.24) is 39.9 Å². The van der Waals surface area contributed by atoms with Crippen molar-refractivity contribution < 1.29 is 59.1 Å². The number of fused-ring (bicyclic) bond motifs is 2. The quantitative estimate of drug-likeness (QED) is 0.0226. The number of carbonyl (C=O) groups is 5. The predicted octanol–water partition coefficient (Wildman–Crippen LogP) is 12.3. The number of carbonyl (C=O) groups excluding carboxylic acids is 5. The number of nitrogens with one attached hydrogen (secondary N) is 4. The van der Waals surface area contributed by atoms with Gasteiger partial charge in [-0.2, -0.15) is 13.2 Å². The molecule has 5 N–H and O–H groups in total. The van der Waals surface area contributed by atoms with E-state index in [0.29, 0.717) is 68.2 Å². The second-order valence-corrected chi connectivity index (χ2v) is 36.4. The third-order valence-corrected chi connectivity index (χ3v) is 27.0. The Morgan fingerprint density at radius 3 is 2.13 bits per heavy atom. The number of aliphatic hydroxyl groups is 1. The smallest absolute Gasteiger partial charge is 0.391 e. The van der Waals surface area contributed by atoms with Crippen LogP contribution in [-0.2, 0) is 39.0 Å². The molecule has 1 spiro atoms. The Hall–Kier alpha value is -7.37. The van der Waals surface area contributed by atoms with Gasteiger partial charge in [0.15, 0.2) is 0 Å². The van der Waals surface area contributed by atoms with Crippen molar-refractivity contribution in [3.05, 3.63) is 160 Å². The van der Waals surface area contributed by atoms with Crippen molar-refractivity contribution >= 4 is 101 Å². The van der Waals surface area contributed by atoms with Gasteiger partial charge in [-0.1, -0.05) is 99.0 Å². The fourth-order valence-electron chi connectivity index (χ4n) is 15.5. The normalized spacial score (nSPS) is 20.7. The topological polar surface area (TPSA) is 251 Å². The number of thiazole rings is 1. The average molecular weight is 1550 g/mol. The lowest BCUT2D eigenvalue weighted by Gasteiger charge is -2.38. The molecule has 28 heteroatoms. The zero-order chi connectivity index (χ0) is 75.5. The number of alkyl halides is 3. The number of benzene rings is 5. The third-order valence-electron chi connectivity index (χ3n) is 21.8. The van der Waals surface area contributed by atoms with Gasteiger partial charge in [-0.3, -0.25) is 33.8 Å². The van der Waals surface area contributed by atoms with Gasteiger partial charge >= 0.3 is 5.51 Å². The average Bonchev–Trinajstić information content (AvgIpc) is 1.29. The first-order valence-electron chi connectivity index (χ1n) is 36.5. The van der Waals surface area contributed by atoms with Gasteiger partial charge < -0.3 is 35.8 Å². The summed E-state index contributed by atoms with van der Waals surface area (Å²) in [5, 5.41) is 20.5. The molecule has 5 aromatic carbocycles. The Morgan fingerprint density at radius 2 is 1.48 bits per heavy atom. The maximum Gasteiger partial charge on any atom is 0.501 e. The molecule has 7 atom stereocenters. The summed E-state index contributed by atoms with van der Waals surface area (Å²) in [7, 11) is -11.1. The van der Waals surface area contributed by atoms with E-state index >= 15 is 0 Å². The molecule has 4 aliphatic heterocycles. The number of nitrogens with zero attached hydrogens (tertiary/aromatic N) is 6. The summed E-state index contributed by atoms with van der Waals surface area (Å²) < 4.78 is 101. The molecule has 5 heterocycles. The lowest BCUT2D eigenvalue weighted by atomic mass is 9.79. The molecular formula is C78H94ClF3N10O10S4. The first-order chi connectivity index (χ1) is 50.4. The molecule has 6 aliphatic rings. The number of sulfone groups is 1. The van der Waals surface area contributed by atoms with Crippen LogP contribution in [-0.4, -0.2) is 183 Å². The number of hydrogen-bond donors (Lipinski definition) is 5. The number of aryl methyl sites for hydroxylation is 1. The Kier molecular flexibility index (Phi) is 24.2. The number of halogens is 4. The van der Waals surface area contributed by atoms with Crippen molar-refractivity contribution in [2.24, 2.45) is 10.8 Å². The SMILES string of the molecule is Cc1ncsc1-c1ccc([C@H](C)NC(=O)[C@@H]2C[C@@H](O)CN2C(=O)[C@@H](NC(=O)CCCCCC(=O)N2CC3CC2CN3CC[C@H](CSc2ccccc2)Nc2ccc(S(=O)(=O)NC(=O)c3ccc(N4CCN(CC5=C(c6ccc(Cl)cc6)CCC6(CC6)C5)CC4)cc3)cc2S(=O)(=O)C(F)(F)F)C(C)(C)C)cc1. The van der Waals surface area contributed by atoms with Crippen LogP contribution in [0.15, 0.2) is 147 Å². The van der Waals surface area contributed by atoms with Crippen molar-refractivity contribution in [1.29, 1.82) is 0 Å². The van der Waals surface area contributed by atoms with Gasteiger partial charge in [0.05, 0.1) is 38.8 Å². The van der Waals surface area contributed by atoms with E-state index < -0.39 is 94.3 Å². The molecule has 12 rings (SSSR count). The Morgan fingerprint density at radius 1 is 0.783 bits per heavy atom. The van der Waals surface area contributed by atoms with Gasteiger partial charge in [0.1, 0.15) is 17.0 Å². The highest BCUT2D eigenvalue weighted by Gasteiger charge is 2.50. The zero-order valence-electron chi connectivity index (χ0n) is 60.4. The van der Waals surface area contributed by atoms with Gasteiger partial charge in [0.2, 0.25) is 23.6 Å². The molecule has 2 unspecified atom stereocenters. The van der Waals surface area contributed by atoms with Crippen LogP contribution in [0.4, 0.5) is 24.5 Å². The number of rotatable bonds is 28. The highest BCUT2D eigenvalue weighted by molar-refractivity contribution is 7.99. The van der Waals surface area contributed by atoms with E-state index in [1.54, 1.807) is 29.0 Å². The summed E-state index contributed by atoms with van der Waals surface area (Å²) in [5.74, 6) is -2.03. The molecule has 0 radical (unpaired) electrons. The van der Waals surface area contributed by atoms with E-state index in [-0.39, 0.29) is 61.0 Å². The summed E-state index contributed by atoms with van der Waals surface area (Å²) in [6.07, 6.45) is 7.94. The van der Waals surface area contributed by atoms with Crippen LogP contribution in [0.25, 0.3) is 16.0 Å². The Balaban J connectivity index is 0.612. The van der Waals surface area contributed by atoms with Gasteiger partial charge in [-0.05, 0) is 171 Å². The number of hydrogen-bond acceptors (Lipinski definition) is 17. The number of aromatic nitrogens is 1. The largest absolute Gasteiger partial charge is 0.501 e. The number of amides is 5. The molecule has 4 saturated heterocycles. The van der Waals surface area contributed by atoms with E-state index in [0.717, 1.165) is 90.0 Å². The molecule has 2 bridgehead atoms. The number of aliphatic hydroxyl groups excluding tert-OH is 1. The van der Waals surface area contributed by atoms with Crippen molar-refractivity contribution in [2.45, 2.75) is 181 Å². The summed E-state index contributed by atoms with van der Waals surface area (Å²) in [6.45, 7) is 14.6. The molecule has 5 fully saturated rings. The number of piperazine rings is 2. The van der Waals surface area contributed by atoms with E-state index in [1.807, 2.05) is 111 Å². The number of sulfonamides is 1. The minimum Gasteiger partial charge on any atom is -0.391 e. The Labute approximate surface area is 632 Å². The van der Waals surface area contributed by atoms with E-state index in [2.05, 4.69) is 47.8 Å². The second-order valence-electron chi connectivity index (χ2n) is 30.4. The lowest BCUT2D eigenvalue weighted by molar-refractivity contribution is -0.144. The third kappa shape index (κ3) is 18.7. The molecule has 106 heavy (non-hydrogen) atoms. The molecule has 20 nitrogen and oxygen atoms in total. The van der Waals surface area contributed by atoms with Crippen LogP contribution in [0.2, 0.25) is 5.02 Å². The molecular weight excluding hydrogens is 1460 g/mol. The Bertz CT molecular complexity index is 4440.